The zero-order chi connectivity index (χ0) is 13.8. The minimum atomic E-state index is -0.924. The fourth-order valence-corrected chi connectivity index (χ4v) is 2.87. The van der Waals surface area contributed by atoms with Crippen LogP contribution >= 0.6 is 0 Å². The first-order valence-corrected chi connectivity index (χ1v) is 7.37. The Morgan fingerprint density at radius 3 is 2.42 bits per heavy atom. The standard InChI is InChI=1S/C14H24N2O3/c1-9-5-3-2-4-6-11(9)15-14(19)16-12(13(17)18)10-7-8-10/h9-12H,2-8H2,1H3,(H,17,18)(H2,15,16,19). The summed E-state index contributed by atoms with van der Waals surface area (Å²) in [7, 11) is 0. The number of carbonyl (C=O) groups is 2. The average Bonchev–Trinajstić information content (AvgIpc) is 3.17. The summed E-state index contributed by atoms with van der Waals surface area (Å²) >= 11 is 0. The van der Waals surface area contributed by atoms with Crippen molar-refractivity contribution in [3.8, 4) is 0 Å². The lowest BCUT2D eigenvalue weighted by Gasteiger charge is -2.24. The minimum Gasteiger partial charge on any atom is -0.480 e. The van der Waals surface area contributed by atoms with E-state index in [0.29, 0.717) is 5.92 Å². The molecule has 2 aliphatic carbocycles. The van der Waals surface area contributed by atoms with Gasteiger partial charge in [0.2, 0.25) is 0 Å². The number of amides is 2. The Kier molecular flexibility index (Phi) is 4.66. The molecule has 0 bridgehead atoms. The first-order valence-electron chi connectivity index (χ1n) is 7.37. The molecule has 2 rings (SSSR count). The summed E-state index contributed by atoms with van der Waals surface area (Å²) in [6, 6.07) is -0.865. The molecule has 0 spiro atoms. The molecule has 3 atom stereocenters. The quantitative estimate of drug-likeness (QED) is 0.683. The van der Waals surface area contributed by atoms with Crippen LogP contribution in [0.4, 0.5) is 4.79 Å². The van der Waals surface area contributed by atoms with Crippen molar-refractivity contribution in [3.63, 3.8) is 0 Å². The summed E-state index contributed by atoms with van der Waals surface area (Å²) in [5, 5.41) is 14.7. The molecule has 108 valence electrons. The van der Waals surface area contributed by atoms with Gasteiger partial charge in [-0.3, -0.25) is 0 Å². The number of rotatable bonds is 4. The molecular weight excluding hydrogens is 244 g/mol. The smallest absolute Gasteiger partial charge is 0.326 e. The summed E-state index contributed by atoms with van der Waals surface area (Å²) in [5.74, 6) is -0.334. The summed E-state index contributed by atoms with van der Waals surface area (Å²) in [5.41, 5.74) is 0. The lowest BCUT2D eigenvalue weighted by atomic mass is 9.97. The Balaban J connectivity index is 1.83. The van der Waals surface area contributed by atoms with E-state index in [1.54, 1.807) is 0 Å². The second kappa shape index (κ2) is 6.26. The molecule has 0 aromatic rings. The van der Waals surface area contributed by atoms with E-state index in [0.717, 1.165) is 32.1 Å². The molecule has 5 heteroatoms. The molecule has 0 aliphatic heterocycles. The van der Waals surface area contributed by atoms with Gasteiger partial charge < -0.3 is 15.7 Å². The van der Waals surface area contributed by atoms with E-state index in [2.05, 4.69) is 17.6 Å². The number of nitrogens with one attached hydrogen (secondary N) is 2. The van der Waals surface area contributed by atoms with Crippen LogP contribution in [-0.4, -0.2) is 29.2 Å². The third-order valence-electron chi connectivity index (χ3n) is 4.32. The van der Waals surface area contributed by atoms with E-state index in [9.17, 15) is 9.59 Å². The molecule has 2 aliphatic rings. The van der Waals surface area contributed by atoms with Crippen LogP contribution in [0.2, 0.25) is 0 Å². The molecule has 0 aromatic heterocycles. The van der Waals surface area contributed by atoms with Crippen molar-refractivity contribution in [2.45, 2.75) is 64.0 Å². The highest BCUT2D eigenvalue weighted by atomic mass is 16.4. The largest absolute Gasteiger partial charge is 0.480 e. The summed E-state index contributed by atoms with van der Waals surface area (Å²) < 4.78 is 0. The molecule has 0 aromatic carbocycles. The van der Waals surface area contributed by atoms with Gasteiger partial charge in [-0.1, -0.05) is 26.2 Å². The lowest BCUT2D eigenvalue weighted by Crippen LogP contribution is -2.51. The average molecular weight is 268 g/mol. The molecule has 19 heavy (non-hydrogen) atoms. The molecule has 5 nitrogen and oxygen atoms in total. The molecule has 3 N–H and O–H groups in total. The SMILES string of the molecule is CC1CCCCCC1NC(=O)NC(C(=O)O)C1CC1. The maximum Gasteiger partial charge on any atom is 0.326 e. The first-order chi connectivity index (χ1) is 9.08. The van der Waals surface area contributed by atoms with E-state index in [1.165, 1.54) is 12.8 Å². The first kappa shape index (κ1) is 14.2. The summed E-state index contributed by atoms with van der Waals surface area (Å²) in [4.78, 5) is 23.0. The van der Waals surface area contributed by atoms with Gasteiger partial charge in [0.1, 0.15) is 6.04 Å². The van der Waals surface area contributed by atoms with Gasteiger partial charge >= 0.3 is 12.0 Å². The number of hydrogen-bond donors (Lipinski definition) is 3. The number of hydrogen-bond acceptors (Lipinski definition) is 2. The van der Waals surface area contributed by atoms with Crippen LogP contribution in [0.15, 0.2) is 0 Å². The molecule has 3 unspecified atom stereocenters. The van der Waals surface area contributed by atoms with Gasteiger partial charge in [-0.05, 0) is 37.5 Å². The van der Waals surface area contributed by atoms with Crippen LogP contribution in [0.25, 0.3) is 0 Å². The fourth-order valence-electron chi connectivity index (χ4n) is 2.87. The van der Waals surface area contributed by atoms with Crippen molar-refractivity contribution in [3.05, 3.63) is 0 Å². The van der Waals surface area contributed by atoms with Gasteiger partial charge in [-0.25, -0.2) is 9.59 Å². The molecule has 0 heterocycles. The van der Waals surface area contributed by atoms with Crippen molar-refractivity contribution < 1.29 is 14.7 Å². The van der Waals surface area contributed by atoms with Gasteiger partial charge in [-0.2, -0.15) is 0 Å². The van der Waals surface area contributed by atoms with Crippen LogP contribution in [0.3, 0.4) is 0 Å². The fraction of sp³-hybridized carbons (Fsp3) is 0.857. The van der Waals surface area contributed by atoms with E-state index >= 15 is 0 Å². The number of aliphatic carboxylic acids is 1. The summed E-state index contributed by atoms with van der Waals surface area (Å²) in [6.07, 6.45) is 7.52. The van der Waals surface area contributed by atoms with Gasteiger partial charge in [0.15, 0.2) is 0 Å². The maximum absolute atomic E-state index is 11.9. The van der Waals surface area contributed by atoms with Crippen LogP contribution in [0, 0.1) is 11.8 Å². The lowest BCUT2D eigenvalue weighted by molar-refractivity contribution is -0.139. The molecule has 2 saturated carbocycles. The van der Waals surface area contributed by atoms with Gasteiger partial charge in [-0.15, -0.1) is 0 Å². The number of carboxylic acid groups (broad SMARTS) is 1. The van der Waals surface area contributed by atoms with E-state index in [1.807, 2.05) is 0 Å². The Morgan fingerprint density at radius 1 is 1.11 bits per heavy atom. The van der Waals surface area contributed by atoms with Crippen molar-refractivity contribution in [1.29, 1.82) is 0 Å². The van der Waals surface area contributed by atoms with Crippen LogP contribution in [0.1, 0.15) is 51.9 Å². The zero-order valence-corrected chi connectivity index (χ0v) is 11.5. The van der Waals surface area contributed by atoms with Crippen LogP contribution in [0.5, 0.6) is 0 Å². The predicted molar refractivity (Wildman–Crippen MR) is 71.9 cm³/mol. The van der Waals surface area contributed by atoms with E-state index < -0.39 is 12.0 Å². The topological polar surface area (TPSA) is 78.4 Å². The number of carboxylic acids is 1. The normalized spacial score (nSPS) is 29.1. The highest BCUT2D eigenvalue weighted by Gasteiger charge is 2.37. The summed E-state index contributed by atoms with van der Waals surface area (Å²) in [6.45, 7) is 2.16. The third kappa shape index (κ3) is 4.11. The number of urea groups is 1. The van der Waals surface area contributed by atoms with Crippen molar-refractivity contribution in [2.24, 2.45) is 11.8 Å². The predicted octanol–water partition coefficient (Wildman–Crippen LogP) is 2.12. The molecule has 0 saturated heterocycles. The molecule has 2 fully saturated rings. The van der Waals surface area contributed by atoms with Crippen LogP contribution < -0.4 is 10.6 Å². The van der Waals surface area contributed by atoms with Crippen molar-refractivity contribution >= 4 is 12.0 Å². The third-order valence-corrected chi connectivity index (χ3v) is 4.32. The van der Waals surface area contributed by atoms with Crippen molar-refractivity contribution in [1.82, 2.24) is 10.6 Å². The Bertz CT molecular complexity index is 342. The second-order valence-electron chi connectivity index (χ2n) is 5.99. The molecule has 2 amide bonds. The second-order valence-corrected chi connectivity index (χ2v) is 5.99. The highest BCUT2D eigenvalue weighted by Crippen LogP contribution is 2.32. The van der Waals surface area contributed by atoms with E-state index in [-0.39, 0.29) is 18.0 Å². The van der Waals surface area contributed by atoms with Crippen LogP contribution in [-0.2, 0) is 4.79 Å². The Labute approximate surface area is 114 Å². The minimum absolute atomic E-state index is 0.120. The van der Waals surface area contributed by atoms with Gasteiger partial charge in [0.25, 0.3) is 0 Å². The molecular formula is C14H24N2O3. The Morgan fingerprint density at radius 2 is 1.79 bits per heavy atom. The van der Waals surface area contributed by atoms with Gasteiger partial charge in [0.05, 0.1) is 0 Å². The van der Waals surface area contributed by atoms with E-state index in [4.69, 9.17) is 5.11 Å². The maximum atomic E-state index is 11.9. The van der Waals surface area contributed by atoms with Crippen molar-refractivity contribution in [2.75, 3.05) is 0 Å². The number of carbonyl (C=O) groups excluding carboxylic acids is 1. The Hall–Kier alpha value is -1.26. The van der Waals surface area contributed by atoms with Gasteiger partial charge in [0, 0.05) is 6.04 Å². The molecule has 0 radical (unpaired) electrons. The monoisotopic (exact) mass is 268 g/mol. The highest BCUT2D eigenvalue weighted by molar-refractivity contribution is 5.83. The zero-order valence-electron chi connectivity index (χ0n) is 11.5.